The first-order valence-corrected chi connectivity index (χ1v) is 16.4. The van der Waals surface area contributed by atoms with E-state index in [1.165, 1.54) is 122 Å². The molecular formula is C33H64O4. The Morgan fingerprint density at radius 2 is 0.865 bits per heavy atom. The van der Waals surface area contributed by atoms with E-state index in [0.29, 0.717) is 6.42 Å². The fourth-order valence-corrected chi connectivity index (χ4v) is 5.20. The number of aliphatic carboxylic acids is 1. The summed E-state index contributed by atoms with van der Waals surface area (Å²) in [6.45, 7) is 6.18. The average Bonchev–Trinajstić information content (AvgIpc) is 2.85. The minimum atomic E-state index is -0.669. The van der Waals surface area contributed by atoms with Crippen molar-refractivity contribution in [1.82, 2.24) is 0 Å². The van der Waals surface area contributed by atoms with Crippen LogP contribution in [-0.2, 0) is 14.3 Å². The molecule has 0 heterocycles. The highest BCUT2D eigenvalue weighted by Gasteiger charge is 2.20. The van der Waals surface area contributed by atoms with Gasteiger partial charge in [0.25, 0.3) is 0 Å². The van der Waals surface area contributed by atoms with Crippen LogP contribution in [0.5, 0.6) is 0 Å². The molecule has 37 heavy (non-hydrogen) atoms. The fourth-order valence-electron chi connectivity index (χ4n) is 5.20. The van der Waals surface area contributed by atoms with E-state index in [9.17, 15) is 9.59 Å². The van der Waals surface area contributed by atoms with Crippen molar-refractivity contribution in [1.29, 1.82) is 0 Å². The molecule has 0 radical (unpaired) electrons. The lowest BCUT2D eigenvalue weighted by atomic mass is 9.94. The van der Waals surface area contributed by atoms with Gasteiger partial charge >= 0.3 is 11.9 Å². The molecule has 0 aliphatic heterocycles. The third kappa shape index (κ3) is 27.8. The van der Waals surface area contributed by atoms with Crippen LogP contribution in [0, 0.1) is 5.92 Å². The van der Waals surface area contributed by atoms with Gasteiger partial charge in [0.1, 0.15) is 0 Å². The molecule has 1 N–H and O–H groups in total. The van der Waals surface area contributed by atoms with E-state index in [4.69, 9.17) is 9.84 Å². The highest BCUT2D eigenvalue weighted by molar-refractivity contribution is 5.72. The number of carboxylic acid groups (broad SMARTS) is 1. The molecule has 0 aromatic rings. The lowest BCUT2D eigenvalue weighted by Gasteiger charge is -2.18. The molecule has 0 amide bonds. The van der Waals surface area contributed by atoms with Crippen molar-refractivity contribution in [2.75, 3.05) is 0 Å². The van der Waals surface area contributed by atoms with E-state index in [2.05, 4.69) is 6.92 Å². The van der Waals surface area contributed by atoms with Crippen molar-refractivity contribution in [3.63, 3.8) is 0 Å². The van der Waals surface area contributed by atoms with Crippen LogP contribution < -0.4 is 0 Å². The van der Waals surface area contributed by atoms with Crippen molar-refractivity contribution in [2.45, 2.75) is 194 Å². The quantitative estimate of drug-likeness (QED) is 0.0780. The zero-order valence-electron chi connectivity index (χ0n) is 25.2. The zero-order valence-corrected chi connectivity index (χ0v) is 25.2. The van der Waals surface area contributed by atoms with Gasteiger partial charge in [0.2, 0.25) is 0 Å². The van der Waals surface area contributed by atoms with Crippen LogP contribution in [0.2, 0.25) is 0 Å². The molecule has 0 aliphatic rings. The van der Waals surface area contributed by atoms with Crippen molar-refractivity contribution in [3.05, 3.63) is 0 Å². The highest BCUT2D eigenvalue weighted by Crippen LogP contribution is 2.22. The smallest absolute Gasteiger partial charge is 0.309 e. The lowest BCUT2D eigenvalue weighted by Crippen LogP contribution is -2.21. The Balaban J connectivity index is 3.72. The summed E-state index contributed by atoms with van der Waals surface area (Å²) in [5.74, 6) is -0.536. The average molecular weight is 525 g/mol. The molecule has 1 atom stereocenters. The maximum absolute atomic E-state index is 12.6. The number of esters is 1. The Hall–Kier alpha value is -1.06. The predicted octanol–water partition coefficient (Wildman–Crippen LogP) is 10.8. The van der Waals surface area contributed by atoms with Gasteiger partial charge in [0.05, 0.1) is 12.0 Å². The van der Waals surface area contributed by atoms with Crippen LogP contribution in [0.25, 0.3) is 0 Å². The van der Waals surface area contributed by atoms with Gasteiger partial charge in [0.15, 0.2) is 0 Å². The Labute approximate surface area is 231 Å². The summed E-state index contributed by atoms with van der Waals surface area (Å²) in [4.78, 5) is 23.1. The van der Waals surface area contributed by atoms with Crippen LogP contribution in [0.4, 0.5) is 0 Å². The summed E-state index contributed by atoms with van der Waals surface area (Å²) in [5.41, 5.74) is 0. The Bertz CT molecular complexity index is 503. The van der Waals surface area contributed by atoms with Gasteiger partial charge in [-0.15, -0.1) is 0 Å². The fraction of sp³-hybridized carbons (Fsp3) is 0.939. The van der Waals surface area contributed by atoms with Gasteiger partial charge in [0, 0.05) is 6.42 Å². The molecule has 4 nitrogen and oxygen atoms in total. The van der Waals surface area contributed by atoms with E-state index < -0.39 is 5.97 Å². The SMILES string of the molecule is CCCCCCCCCCCCC(CCCCCCCCCCCCCCCC(=O)O)C(=O)OC(C)C. The molecule has 4 heteroatoms. The molecular weight excluding hydrogens is 460 g/mol. The molecule has 0 saturated heterocycles. The van der Waals surface area contributed by atoms with Crippen molar-refractivity contribution < 1.29 is 19.4 Å². The maximum atomic E-state index is 12.6. The number of carboxylic acids is 1. The largest absolute Gasteiger partial charge is 0.481 e. The summed E-state index contributed by atoms with van der Waals surface area (Å²) in [6, 6.07) is 0. The second-order valence-corrected chi connectivity index (χ2v) is 11.7. The molecule has 0 rings (SSSR count). The van der Waals surface area contributed by atoms with E-state index in [1.54, 1.807) is 0 Å². The van der Waals surface area contributed by atoms with Gasteiger partial charge < -0.3 is 9.84 Å². The van der Waals surface area contributed by atoms with Crippen LogP contribution in [0.1, 0.15) is 188 Å². The number of ether oxygens (including phenoxy) is 1. The number of carbonyl (C=O) groups is 2. The molecule has 0 spiro atoms. The molecule has 0 aromatic heterocycles. The second kappa shape index (κ2) is 28.0. The second-order valence-electron chi connectivity index (χ2n) is 11.7. The highest BCUT2D eigenvalue weighted by atomic mass is 16.5. The number of unbranched alkanes of at least 4 members (excludes halogenated alkanes) is 21. The van der Waals surface area contributed by atoms with E-state index in [0.717, 1.165) is 38.5 Å². The van der Waals surface area contributed by atoms with Gasteiger partial charge in [-0.2, -0.15) is 0 Å². The van der Waals surface area contributed by atoms with Crippen molar-refractivity contribution in [3.8, 4) is 0 Å². The Kier molecular flexibility index (Phi) is 27.2. The summed E-state index contributed by atoms with van der Waals surface area (Å²) in [6.07, 6.45) is 31.6. The maximum Gasteiger partial charge on any atom is 0.309 e. The van der Waals surface area contributed by atoms with Gasteiger partial charge in [-0.25, -0.2) is 0 Å². The van der Waals surface area contributed by atoms with Gasteiger partial charge in [-0.1, -0.05) is 148 Å². The minimum absolute atomic E-state index is 0.0142. The van der Waals surface area contributed by atoms with E-state index in [1.807, 2.05) is 13.8 Å². The Morgan fingerprint density at radius 1 is 0.541 bits per heavy atom. The van der Waals surface area contributed by atoms with Crippen LogP contribution in [-0.4, -0.2) is 23.1 Å². The predicted molar refractivity (Wildman–Crippen MR) is 158 cm³/mol. The first-order valence-electron chi connectivity index (χ1n) is 16.4. The molecule has 0 fully saturated rings. The number of carbonyl (C=O) groups excluding carboxylic acids is 1. The van der Waals surface area contributed by atoms with Gasteiger partial charge in [-0.3, -0.25) is 9.59 Å². The molecule has 220 valence electrons. The zero-order chi connectivity index (χ0) is 27.4. The van der Waals surface area contributed by atoms with Crippen LogP contribution >= 0.6 is 0 Å². The molecule has 0 bridgehead atoms. The molecule has 0 saturated carbocycles. The first kappa shape index (κ1) is 35.9. The Morgan fingerprint density at radius 3 is 1.19 bits per heavy atom. The molecule has 0 aliphatic carbocycles. The van der Waals surface area contributed by atoms with Gasteiger partial charge in [-0.05, 0) is 33.1 Å². The summed E-state index contributed by atoms with van der Waals surface area (Å²) >= 11 is 0. The third-order valence-electron chi connectivity index (χ3n) is 7.53. The normalized spacial score (nSPS) is 12.2. The lowest BCUT2D eigenvalue weighted by molar-refractivity contribution is -0.153. The van der Waals surface area contributed by atoms with Crippen molar-refractivity contribution >= 4 is 11.9 Å². The summed E-state index contributed by atoms with van der Waals surface area (Å²) in [7, 11) is 0. The monoisotopic (exact) mass is 524 g/mol. The van der Waals surface area contributed by atoms with Crippen molar-refractivity contribution in [2.24, 2.45) is 5.92 Å². The number of rotatable bonds is 29. The van der Waals surface area contributed by atoms with Crippen LogP contribution in [0.3, 0.4) is 0 Å². The minimum Gasteiger partial charge on any atom is -0.481 e. The summed E-state index contributed by atoms with van der Waals surface area (Å²) < 4.78 is 5.57. The number of hydrogen-bond acceptors (Lipinski definition) is 3. The standard InChI is InChI=1S/C33H64O4/c1-4-5-6-7-8-9-15-18-21-24-27-31(33(36)37-30(2)3)28-25-22-19-16-13-11-10-12-14-17-20-23-26-29-32(34)35/h30-31H,4-29H2,1-3H3,(H,34,35). The first-order chi connectivity index (χ1) is 18.0. The molecule has 0 aromatic carbocycles. The molecule has 1 unspecified atom stereocenters. The third-order valence-corrected chi connectivity index (χ3v) is 7.53. The van der Waals surface area contributed by atoms with E-state index in [-0.39, 0.29) is 18.0 Å². The van der Waals surface area contributed by atoms with E-state index >= 15 is 0 Å². The number of hydrogen-bond donors (Lipinski definition) is 1. The topological polar surface area (TPSA) is 63.6 Å². The van der Waals surface area contributed by atoms with Crippen LogP contribution in [0.15, 0.2) is 0 Å². The summed E-state index contributed by atoms with van der Waals surface area (Å²) in [5, 5.41) is 8.64.